The second-order valence-corrected chi connectivity index (χ2v) is 6.16. The second-order valence-electron chi connectivity index (χ2n) is 5.05. The number of aliphatic carboxylic acids is 1. The number of nitrogens with two attached hydrogens (primary N) is 1. The molecule has 0 fully saturated rings. The number of rotatable bonds is 6. The van der Waals surface area contributed by atoms with Crippen LogP contribution in [0.3, 0.4) is 0 Å². The third-order valence-electron chi connectivity index (χ3n) is 3.46. The van der Waals surface area contributed by atoms with Crippen LogP contribution in [0.2, 0.25) is 0 Å². The molecule has 6 nitrogen and oxygen atoms in total. The Morgan fingerprint density at radius 1 is 1.19 bits per heavy atom. The van der Waals surface area contributed by atoms with Crippen LogP contribution in [-0.4, -0.2) is 17.8 Å². The molecule has 3 N–H and O–H groups in total. The van der Waals surface area contributed by atoms with E-state index in [9.17, 15) is 19.5 Å². The lowest BCUT2D eigenvalue weighted by Crippen LogP contribution is -2.22. The fraction of sp³-hybridized carbons (Fsp3) is 0.500. The highest BCUT2D eigenvalue weighted by molar-refractivity contribution is 7.17. The molecule has 2 amide bonds. The zero-order chi connectivity index (χ0) is 15.4. The van der Waals surface area contributed by atoms with E-state index in [4.69, 9.17) is 5.73 Å². The van der Waals surface area contributed by atoms with E-state index in [0.29, 0.717) is 10.6 Å². The Morgan fingerprint density at radius 3 is 2.57 bits per heavy atom. The van der Waals surface area contributed by atoms with Gasteiger partial charge in [0.15, 0.2) is 0 Å². The van der Waals surface area contributed by atoms with Crippen LogP contribution in [0.5, 0.6) is 0 Å². The molecule has 114 valence electrons. The summed E-state index contributed by atoms with van der Waals surface area (Å²) in [5.74, 6) is -2.01. The Kier molecular flexibility index (Phi) is 4.95. The number of anilines is 1. The second kappa shape index (κ2) is 6.71. The summed E-state index contributed by atoms with van der Waals surface area (Å²) in [5.41, 5.74) is 6.81. The van der Waals surface area contributed by atoms with Crippen molar-refractivity contribution in [2.75, 3.05) is 5.32 Å². The number of nitrogens with one attached hydrogen (secondary N) is 1. The number of carboxylic acids is 1. The van der Waals surface area contributed by atoms with Gasteiger partial charge in [-0.25, -0.2) is 0 Å². The molecule has 1 aromatic rings. The number of primary amides is 1. The maximum Gasteiger partial charge on any atom is 0.251 e. The lowest BCUT2D eigenvalue weighted by molar-refractivity contribution is -0.305. The number of thiophene rings is 1. The molecule has 21 heavy (non-hydrogen) atoms. The van der Waals surface area contributed by atoms with Crippen molar-refractivity contribution in [3.8, 4) is 0 Å². The molecule has 0 spiro atoms. The first-order valence-electron chi connectivity index (χ1n) is 6.93. The molecule has 0 aromatic carbocycles. The Labute approximate surface area is 126 Å². The minimum atomic E-state index is -1.17. The maximum atomic E-state index is 11.8. The Morgan fingerprint density at radius 2 is 1.90 bits per heavy atom. The summed E-state index contributed by atoms with van der Waals surface area (Å²) < 4.78 is 0. The van der Waals surface area contributed by atoms with Crippen LogP contribution in [0.25, 0.3) is 0 Å². The number of carbonyl (C=O) groups is 3. The van der Waals surface area contributed by atoms with Gasteiger partial charge in [0, 0.05) is 17.3 Å². The Balaban J connectivity index is 2.09. The van der Waals surface area contributed by atoms with Gasteiger partial charge in [-0.1, -0.05) is 0 Å². The molecule has 0 aliphatic heterocycles. The van der Waals surface area contributed by atoms with Gasteiger partial charge < -0.3 is 21.0 Å². The number of hydrogen-bond acceptors (Lipinski definition) is 5. The van der Waals surface area contributed by atoms with Crippen molar-refractivity contribution >= 4 is 34.1 Å². The number of fused-ring (bicyclic) bond motifs is 1. The van der Waals surface area contributed by atoms with Crippen molar-refractivity contribution < 1.29 is 19.5 Å². The zero-order valence-electron chi connectivity index (χ0n) is 11.6. The summed E-state index contributed by atoms with van der Waals surface area (Å²) in [6.45, 7) is 0. The molecule has 0 saturated carbocycles. The summed E-state index contributed by atoms with van der Waals surface area (Å²) in [7, 11) is 0. The molecule has 1 aromatic heterocycles. The van der Waals surface area contributed by atoms with Gasteiger partial charge in [-0.15, -0.1) is 11.3 Å². The molecule has 1 aliphatic carbocycles. The van der Waals surface area contributed by atoms with E-state index >= 15 is 0 Å². The van der Waals surface area contributed by atoms with Gasteiger partial charge in [0.05, 0.1) is 5.56 Å². The number of aryl methyl sites for hydroxylation is 1. The van der Waals surface area contributed by atoms with Crippen molar-refractivity contribution in [1.29, 1.82) is 0 Å². The Hall–Kier alpha value is -1.89. The third kappa shape index (κ3) is 3.81. The van der Waals surface area contributed by atoms with E-state index in [2.05, 4.69) is 5.32 Å². The number of carbonyl (C=O) groups excluding carboxylic acids is 3. The van der Waals surface area contributed by atoms with Crippen LogP contribution in [0.1, 0.15) is 52.9 Å². The van der Waals surface area contributed by atoms with E-state index in [1.165, 1.54) is 11.3 Å². The van der Waals surface area contributed by atoms with Crippen molar-refractivity contribution in [2.24, 2.45) is 5.73 Å². The highest BCUT2D eigenvalue weighted by Gasteiger charge is 2.24. The smallest absolute Gasteiger partial charge is 0.251 e. The first kappa shape index (κ1) is 15.5. The number of hydrogen-bond donors (Lipinski definition) is 2. The highest BCUT2D eigenvalue weighted by Crippen LogP contribution is 2.37. The van der Waals surface area contributed by atoms with Gasteiger partial charge in [0.1, 0.15) is 5.00 Å². The largest absolute Gasteiger partial charge is 0.550 e. The number of amides is 2. The van der Waals surface area contributed by atoms with Crippen LogP contribution in [0, 0.1) is 0 Å². The zero-order valence-corrected chi connectivity index (χ0v) is 12.4. The van der Waals surface area contributed by atoms with Gasteiger partial charge in [0.2, 0.25) is 5.91 Å². The monoisotopic (exact) mass is 309 g/mol. The van der Waals surface area contributed by atoms with Gasteiger partial charge in [-0.2, -0.15) is 0 Å². The summed E-state index contributed by atoms with van der Waals surface area (Å²) >= 11 is 1.40. The van der Waals surface area contributed by atoms with Gasteiger partial charge >= 0.3 is 0 Å². The molecule has 0 atom stereocenters. The van der Waals surface area contributed by atoms with E-state index in [-0.39, 0.29) is 25.2 Å². The fourth-order valence-electron chi connectivity index (χ4n) is 2.50. The van der Waals surface area contributed by atoms with Gasteiger partial charge in [-0.3, -0.25) is 9.59 Å². The minimum Gasteiger partial charge on any atom is -0.550 e. The molecule has 0 bridgehead atoms. The number of carboxylic acid groups (broad SMARTS) is 1. The average molecular weight is 309 g/mol. The summed E-state index contributed by atoms with van der Waals surface area (Å²) in [4.78, 5) is 34.9. The molecule has 0 radical (unpaired) electrons. The van der Waals surface area contributed by atoms with Crippen LogP contribution >= 0.6 is 11.3 Å². The lowest BCUT2D eigenvalue weighted by Gasteiger charge is -2.11. The topological polar surface area (TPSA) is 112 Å². The average Bonchev–Trinajstić information content (AvgIpc) is 2.75. The summed E-state index contributed by atoms with van der Waals surface area (Å²) in [6.07, 6.45) is 3.94. The van der Waals surface area contributed by atoms with E-state index < -0.39 is 11.9 Å². The highest BCUT2D eigenvalue weighted by atomic mass is 32.1. The van der Waals surface area contributed by atoms with Crippen LogP contribution in [0.15, 0.2) is 0 Å². The molecule has 1 aliphatic rings. The molecule has 0 saturated heterocycles. The lowest BCUT2D eigenvalue weighted by atomic mass is 9.95. The maximum absolute atomic E-state index is 11.8. The van der Waals surface area contributed by atoms with Crippen molar-refractivity contribution in [2.45, 2.75) is 44.9 Å². The Bertz CT molecular complexity index is 580. The van der Waals surface area contributed by atoms with Gasteiger partial charge in [-0.05, 0) is 44.1 Å². The molecular weight excluding hydrogens is 292 g/mol. The fourth-order valence-corrected chi connectivity index (χ4v) is 3.81. The molecule has 1 heterocycles. The van der Waals surface area contributed by atoms with Crippen molar-refractivity contribution in [3.63, 3.8) is 0 Å². The standard InChI is InChI=1S/C14H18N2O4S/c15-13(20)12-8-4-1-2-5-9(8)21-14(12)16-10(17)6-3-7-11(18)19/h1-7H2,(H2,15,20)(H,16,17)(H,18,19)/p-1. The van der Waals surface area contributed by atoms with E-state index in [0.717, 1.165) is 36.1 Å². The molecule has 2 rings (SSSR count). The minimum absolute atomic E-state index is 0.0781. The summed E-state index contributed by atoms with van der Waals surface area (Å²) in [5, 5.41) is 13.5. The molecular formula is C14H17N2O4S-. The van der Waals surface area contributed by atoms with Gasteiger partial charge in [0.25, 0.3) is 5.91 Å². The van der Waals surface area contributed by atoms with Crippen LogP contribution in [-0.2, 0) is 22.4 Å². The van der Waals surface area contributed by atoms with Crippen LogP contribution < -0.4 is 16.2 Å². The predicted molar refractivity (Wildman–Crippen MR) is 77.0 cm³/mol. The normalized spacial score (nSPS) is 13.5. The first-order valence-corrected chi connectivity index (χ1v) is 7.74. The SMILES string of the molecule is NC(=O)c1c(NC(=O)CCCC(=O)[O-])sc2c1CCCC2. The third-order valence-corrected chi connectivity index (χ3v) is 4.66. The predicted octanol–water partition coefficient (Wildman–Crippen LogP) is 0.584. The van der Waals surface area contributed by atoms with E-state index in [1.54, 1.807) is 0 Å². The van der Waals surface area contributed by atoms with Crippen molar-refractivity contribution in [3.05, 3.63) is 16.0 Å². The van der Waals surface area contributed by atoms with Crippen molar-refractivity contribution in [1.82, 2.24) is 0 Å². The molecule has 0 unspecified atom stereocenters. The first-order chi connectivity index (χ1) is 9.99. The van der Waals surface area contributed by atoms with E-state index in [1.807, 2.05) is 0 Å². The summed E-state index contributed by atoms with van der Waals surface area (Å²) in [6, 6.07) is 0. The quantitative estimate of drug-likeness (QED) is 0.800. The molecule has 7 heteroatoms. The van der Waals surface area contributed by atoms with Crippen LogP contribution in [0.4, 0.5) is 5.00 Å².